The lowest BCUT2D eigenvalue weighted by molar-refractivity contribution is -0.139. The molecule has 1 amide bonds. The molecule has 0 aromatic heterocycles. The summed E-state index contributed by atoms with van der Waals surface area (Å²) in [5.41, 5.74) is 0.979. The third-order valence-electron chi connectivity index (χ3n) is 3.11. The molecule has 0 unspecified atom stereocenters. The second-order valence-corrected chi connectivity index (χ2v) is 5.59. The van der Waals surface area contributed by atoms with Crippen molar-refractivity contribution >= 4 is 23.0 Å². The topological polar surface area (TPSA) is 70.1 Å². The van der Waals surface area contributed by atoms with Crippen LogP contribution in [0.25, 0.3) is 0 Å². The Hall–Kier alpha value is -1.73. The van der Waals surface area contributed by atoms with Crippen molar-refractivity contribution in [1.29, 1.82) is 0 Å². The van der Waals surface area contributed by atoms with Crippen molar-refractivity contribution in [1.82, 2.24) is 10.0 Å². The first-order chi connectivity index (χ1) is 10.1. The highest BCUT2D eigenvalue weighted by molar-refractivity contribution is 8.13. The molecule has 0 saturated carbocycles. The summed E-state index contributed by atoms with van der Waals surface area (Å²) >= 11 is 1.33. The Morgan fingerprint density at radius 1 is 1.38 bits per heavy atom. The third-order valence-corrected chi connectivity index (χ3v) is 3.95. The SMILES string of the molecule is CCN1CCSC(=O)N1Cc1ccc(OCC(=O)O)cc1. The van der Waals surface area contributed by atoms with Crippen LogP contribution in [0.3, 0.4) is 0 Å². The molecule has 1 fully saturated rings. The van der Waals surface area contributed by atoms with Crippen LogP contribution < -0.4 is 4.74 Å². The van der Waals surface area contributed by atoms with Crippen molar-refractivity contribution in [3.63, 3.8) is 0 Å². The molecule has 2 rings (SSSR count). The molecule has 114 valence electrons. The van der Waals surface area contributed by atoms with E-state index in [1.807, 2.05) is 24.1 Å². The lowest BCUT2D eigenvalue weighted by Gasteiger charge is -2.37. The summed E-state index contributed by atoms with van der Waals surface area (Å²) in [5, 5.41) is 12.4. The van der Waals surface area contributed by atoms with E-state index in [0.29, 0.717) is 12.3 Å². The molecule has 1 aliphatic rings. The number of benzene rings is 1. The number of hydrazine groups is 1. The molecule has 21 heavy (non-hydrogen) atoms. The van der Waals surface area contributed by atoms with Crippen LogP contribution in [0.5, 0.6) is 5.75 Å². The van der Waals surface area contributed by atoms with Gasteiger partial charge in [-0.3, -0.25) is 9.80 Å². The number of aliphatic carboxylic acids is 1. The molecule has 0 spiro atoms. The largest absolute Gasteiger partial charge is 0.482 e. The minimum absolute atomic E-state index is 0.0642. The monoisotopic (exact) mass is 310 g/mol. The summed E-state index contributed by atoms with van der Waals surface area (Å²) in [6.07, 6.45) is 0. The summed E-state index contributed by atoms with van der Waals surface area (Å²) < 4.78 is 5.08. The predicted octanol–water partition coefficient (Wildman–Crippen LogP) is 2.06. The van der Waals surface area contributed by atoms with E-state index in [0.717, 1.165) is 24.4 Å². The van der Waals surface area contributed by atoms with Crippen LogP contribution in [0.2, 0.25) is 0 Å². The minimum Gasteiger partial charge on any atom is -0.482 e. The van der Waals surface area contributed by atoms with E-state index in [2.05, 4.69) is 0 Å². The van der Waals surface area contributed by atoms with Crippen LogP contribution in [-0.4, -0.2) is 51.8 Å². The Bertz CT molecular complexity index is 506. The third kappa shape index (κ3) is 4.37. The molecule has 0 bridgehead atoms. The van der Waals surface area contributed by atoms with Crippen LogP contribution in [0.1, 0.15) is 12.5 Å². The quantitative estimate of drug-likeness (QED) is 0.867. The van der Waals surface area contributed by atoms with Gasteiger partial charge in [0.1, 0.15) is 5.75 Å². The number of carbonyl (C=O) groups is 2. The highest BCUT2D eigenvalue weighted by atomic mass is 32.2. The van der Waals surface area contributed by atoms with Crippen molar-refractivity contribution in [2.24, 2.45) is 0 Å². The zero-order chi connectivity index (χ0) is 15.2. The van der Waals surface area contributed by atoms with E-state index in [4.69, 9.17) is 9.84 Å². The molecular weight excluding hydrogens is 292 g/mol. The Morgan fingerprint density at radius 2 is 2.10 bits per heavy atom. The van der Waals surface area contributed by atoms with Crippen molar-refractivity contribution in [3.05, 3.63) is 29.8 Å². The Kier molecular flexibility index (Phi) is 5.46. The molecule has 0 aliphatic carbocycles. The fourth-order valence-corrected chi connectivity index (χ4v) is 2.86. The van der Waals surface area contributed by atoms with E-state index in [1.54, 1.807) is 17.1 Å². The number of carboxylic acids is 1. The van der Waals surface area contributed by atoms with Gasteiger partial charge in [-0.1, -0.05) is 30.8 Å². The standard InChI is InChI=1S/C14H18N2O4S/c1-2-15-7-8-21-14(19)16(15)9-11-3-5-12(6-4-11)20-10-13(17)18/h3-6H,2,7-10H2,1H3,(H,17,18). The van der Waals surface area contributed by atoms with Crippen LogP contribution >= 0.6 is 11.8 Å². The second-order valence-electron chi connectivity index (χ2n) is 4.54. The zero-order valence-corrected chi connectivity index (χ0v) is 12.6. The Morgan fingerprint density at radius 3 is 2.71 bits per heavy atom. The summed E-state index contributed by atoms with van der Waals surface area (Å²) in [6.45, 7) is 3.85. The van der Waals surface area contributed by atoms with Gasteiger partial charge in [0.2, 0.25) is 0 Å². The number of hydrogen-bond acceptors (Lipinski definition) is 5. The second kappa shape index (κ2) is 7.33. The fourth-order valence-electron chi connectivity index (χ4n) is 2.05. The van der Waals surface area contributed by atoms with E-state index in [-0.39, 0.29) is 11.8 Å². The number of thioether (sulfide) groups is 1. The average Bonchev–Trinajstić information content (AvgIpc) is 2.48. The number of rotatable bonds is 6. The Labute approximate surface area is 127 Å². The van der Waals surface area contributed by atoms with E-state index in [1.165, 1.54) is 11.8 Å². The lowest BCUT2D eigenvalue weighted by Crippen LogP contribution is -2.48. The van der Waals surface area contributed by atoms with Gasteiger partial charge >= 0.3 is 5.97 Å². The summed E-state index contributed by atoms with van der Waals surface area (Å²) in [7, 11) is 0. The van der Waals surface area contributed by atoms with Gasteiger partial charge in [0.25, 0.3) is 5.24 Å². The maximum atomic E-state index is 12.0. The van der Waals surface area contributed by atoms with Crippen molar-refractivity contribution in [2.75, 3.05) is 25.4 Å². The summed E-state index contributed by atoms with van der Waals surface area (Å²) in [5.74, 6) is 0.326. The highest BCUT2D eigenvalue weighted by Crippen LogP contribution is 2.21. The first-order valence-corrected chi connectivity index (χ1v) is 7.71. The minimum atomic E-state index is -1.01. The number of hydrogen-bond donors (Lipinski definition) is 1. The van der Waals surface area contributed by atoms with E-state index in [9.17, 15) is 9.59 Å². The Balaban J connectivity index is 1.98. The number of carboxylic acid groups (broad SMARTS) is 1. The molecule has 1 aromatic rings. The van der Waals surface area contributed by atoms with Crippen LogP contribution in [-0.2, 0) is 11.3 Å². The molecule has 7 heteroatoms. The van der Waals surface area contributed by atoms with Crippen LogP contribution in [0, 0.1) is 0 Å². The first kappa shape index (κ1) is 15.7. The number of amides is 1. The molecule has 1 heterocycles. The summed E-state index contributed by atoms with van der Waals surface area (Å²) in [4.78, 5) is 22.4. The molecule has 1 aliphatic heterocycles. The van der Waals surface area contributed by atoms with E-state index >= 15 is 0 Å². The van der Waals surface area contributed by atoms with Gasteiger partial charge < -0.3 is 9.84 Å². The van der Waals surface area contributed by atoms with Crippen LogP contribution in [0.15, 0.2) is 24.3 Å². The maximum Gasteiger partial charge on any atom is 0.341 e. The van der Waals surface area contributed by atoms with E-state index < -0.39 is 5.97 Å². The number of nitrogens with zero attached hydrogens (tertiary/aromatic N) is 2. The lowest BCUT2D eigenvalue weighted by atomic mass is 10.2. The highest BCUT2D eigenvalue weighted by Gasteiger charge is 2.25. The molecular formula is C14H18N2O4S. The van der Waals surface area contributed by atoms with Gasteiger partial charge in [-0.2, -0.15) is 0 Å². The summed E-state index contributed by atoms with van der Waals surface area (Å²) in [6, 6.07) is 7.13. The van der Waals surface area contributed by atoms with Gasteiger partial charge in [0.15, 0.2) is 6.61 Å². The molecule has 6 nitrogen and oxygen atoms in total. The average molecular weight is 310 g/mol. The molecule has 0 radical (unpaired) electrons. The molecule has 0 atom stereocenters. The first-order valence-electron chi connectivity index (χ1n) is 6.73. The van der Waals surface area contributed by atoms with Gasteiger partial charge in [-0.05, 0) is 17.7 Å². The van der Waals surface area contributed by atoms with Crippen molar-refractivity contribution < 1.29 is 19.4 Å². The molecule has 1 saturated heterocycles. The van der Waals surface area contributed by atoms with Gasteiger partial charge in [-0.15, -0.1) is 0 Å². The van der Waals surface area contributed by atoms with Crippen LogP contribution in [0.4, 0.5) is 4.79 Å². The van der Waals surface area contributed by atoms with Crippen molar-refractivity contribution in [3.8, 4) is 5.75 Å². The fraction of sp³-hybridized carbons (Fsp3) is 0.429. The molecule has 1 N–H and O–H groups in total. The zero-order valence-electron chi connectivity index (χ0n) is 11.8. The van der Waals surface area contributed by atoms with Gasteiger partial charge in [0.05, 0.1) is 6.54 Å². The predicted molar refractivity (Wildman–Crippen MR) is 80.2 cm³/mol. The smallest absolute Gasteiger partial charge is 0.341 e. The number of ether oxygens (including phenoxy) is 1. The van der Waals surface area contributed by atoms with Gasteiger partial charge in [0, 0.05) is 18.8 Å². The maximum absolute atomic E-state index is 12.0. The molecule has 1 aromatic carbocycles. The number of carbonyl (C=O) groups excluding carboxylic acids is 1. The van der Waals surface area contributed by atoms with Crippen molar-refractivity contribution in [2.45, 2.75) is 13.5 Å². The van der Waals surface area contributed by atoms with Gasteiger partial charge in [-0.25, -0.2) is 9.80 Å². The normalized spacial score (nSPS) is 16.0.